The van der Waals surface area contributed by atoms with E-state index in [2.05, 4.69) is 36.1 Å². The molecule has 0 aromatic heterocycles. The van der Waals surface area contributed by atoms with E-state index in [4.69, 9.17) is 4.74 Å². The lowest BCUT2D eigenvalue weighted by Crippen LogP contribution is -2.50. The normalized spacial score (nSPS) is 14.5. The van der Waals surface area contributed by atoms with E-state index >= 15 is 0 Å². The maximum absolute atomic E-state index is 12.3. The van der Waals surface area contributed by atoms with Crippen molar-refractivity contribution in [1.82, 2.24) is 4.90 Å². The second kappa shape index (κ2) is 7.25. The van der Waals surface area contributed by atoms with Crippen LogP contribution in [0.3, 0.4) is 0 Å². The number of piperazine rings is 1. The van der Waals surface area contributed by atoms with Crippen LogP contribution in [0.5, 0.6) is 11.5 Å². The van der Waals surface area contributed by atoms with E-state index in [1.54, 1.807) is 24.3 Å². The monoisotopic (exact) mass is 326 g/mol. The molecule has 1 fully saturated rings. The third-order valence-electron chi connectivity index (χ3n) is 4.23. The van der Waals surface area contributed by atoms with Crippen molar-refractivity contribution in [2.45, 2.75) is 6.92 Å². The van der Waals surface area contributed by atoms with Gasteiger partial charge in [0, 0.05) is 31.9 Å². The summed E-state index contributed by atoms with van der Waals surface area (Å²) in [7, 11) is 0. The Hall–Kier alpha value is -2.69. The van der Waals surface area contributed by atoms with Crippen LogP contribution < -0.4 is 9.64 Å². The minimum Gasteiger partial charge on any atom is -0.508 e. The van der Waals surface area contributed by atoms with E-state index in [1.807, 2.05) is 4.90 Å². The third-order valence-corrected chi connectivity index (χ3v) is 4.23. The standard InChI is InChI=1S/C19H22N2O3/c1-15-2-4-16(5-3-15)20-10-12-21(13-11-20)19(23)14-24-18-8-6-17(22)7-9-18/h2-9,22H,10-14H2,1H3. The van der Waals surface area contributed by atoms with Gasteiger partial charge in [0.05, 0.1) is 0 Å². The largest absolute Gasteiger partial charge is 0.508 e. The fourth-order valence-electron chi connectivity index (χ4n) is 2.75. The van der Waals surface area contributed by atoms with Crippen LogP contribution in [0.25, 0.3) is 0 Å². The van der Waals surface area contributed by atoms with Crippen molar-refractivity contribution < 1.29 is 14.6 Å². The summed E-state index contributed by atoms with van der Waals surface area (Å²) in [5.74, 6) is 0.756. The molecule has 2 aromatic carbocycles. The third kappa shape index (κ3) is 3.98. The van der Waals surface area contributed by atoms with Gasteiger partial charge in [0.15, 0.2) is 6.61 Å². The van der Waals surface area contributed by atoms with Gasteiger partial charge in [0.1, 0.15) is 11.5 Å². The van der Waals surface area contributed by atoms with Crippen molar-refractivity contribution in [2.24, 2.45) is 0 Å². The first-order chi connectivity index (χ1) is 11.6. The highest BCUT2D eigenvalue weighted by Gasteiger charge is 2.21. The van der Waals surface area contributed by atoms with E-state index in [0.29, 0.717) is 18.8 Å². The quantitative estimate of drug-likeness (QED) is 0.937. The summed E-state index contributed by atoms with van der Waals surface area (Å²) in [5, 5.41) is 9.24. The van der Waals surface area contributed by atoms with Gasteiger partial charge in [0.25, 0.3) is 5.91 Å². The van der Waals surface area contributed by atoms with Crippen molar-refractivity contribution >= 4 is 11.6 Å². The first-order valence-corrected chi connectivity index (χ1v) is 8.13. The molecular formula is C19H22N2O3. The number of hydrogen-bond donors (Lipinski definition) is 1. The number of aryl methyl sites for hydroxylation is 1. The SMILES string of the molecule is Cc1ccc(N2CCN(C(=O)COc3ccc(O)cc3)CC2)cc1. The van der Waals surface area contributed by atoms with Crippen LogP contribution in [-0.2, 0) is 4.79 Å². The van der Waals surface area contributed by atoms with Gasteiger partial charge < -0.3 is 19.6 Å². The molecule has 1 saturated heterocycles. The summed E-state index contributed by atoms with van der Waals surface area (Å²) in [6.07, 6.45) is 0. The molecule has 3 rings (SSSR count). The molecule has 0 radical (unpaired) electrons. The summed E-state index contributed by atoms with van der Waals surface area (Å²) in [5.41, 5.74) is 2.45. The Labute approximate surface area is 142 Å². The first kappa shape index (κ1) is 16.2. The zero-order chi connectivity index (χ0) is 16.9. The fourth-order valence-corrected chi connectivity index (χ4v) is 2.75. The highest BCUT2D eigenvalue weighted by molar-refractivity contribution is 5.78. The van der Waals surface area contributed by atoms with Gasteiger partial charge in [0.2, 0.25) is 0 Å². The molecule has 2 aromatic rings. The molecule has 1 heterocycles. The molecule has 0 bridgehead atoms. The van der Waals surface area contributed by atoms with Crippen LogP contribution in [0.4, 0.5) is 5.69 Å². The van der Waals surface area contributed by atoms with E-state index in [-0.39, 0.29) is 18.3 Å². The number of carbonyl (C=O) groups is 1. The second-order valence-electron chi connectivity index (χ2n) is 5.99. The van der Waals surface area contributed by atoms with Crippen LogP contribution in [0.1, 0.15) is 5.56 Å². The van der Waals surface area contributed by atoms with Crippen LogP contribution >= 0.6 is 0 Å². The zero-order valence-electron chi connectivity index (χ0n) is 13.8. The number of aromatic hydroxyl groups is 1. The molecule has 1 amide bonds. The number of ether oxygens (including phenoxy) is 1. The summed E-state index contributed by atoms with van der Waals surface area (Å²) in [6, 6.07) is 14.9. The molecule has 5 heteroatoms. The average molecular weight is 326 g/mol. The fraction of sp³-hybridized carbons (Fsp3) is 0.316. The summed E-state index contributed by atoms with van der Waals surface area (Å²) in [6.45, 7) is 5.16. The van der Waals surface area contributed by atoms with E-state index < -0.39 is 0 Å². The van der Waals surface area contributed by atoms with Crippen molar-refractivity contribution in [1.29, 1.82) is 0 Å². The van der Waals surface area contributed by atoms with Gasteiger partial charge >= 0.3 is 0 Å². The van der Waals surface area contributed by atoms with Gasteiger partial charge in [-0.25, -0.2) is 0 Å². The minimum atomic E-state index is -0.00775. The molecule has 1 aliphatic heterocycles. The molecule has 24 heavy (non-hydrogen) atoms. The number of carbonyl (C=O) groups excluding carboxylic acids is 1. The lowest BCUT2D eigenvalue weighted by molar-refractivity contribution is -0.133. The highest BCUT2D eigenvalue weighted by atomic mass is 16.5. The number of nitrogens with zero attached hydrogens (tertiary/aromatic N) is 2. The maximum atomic E-state index is 12.3. The van der Waals surface area contributed by atoms with Gasteiger partial charge in [-0.05, 0) is 43.3 Å². The number of phenolic OH excluding ortho intramolecular Hbond substituents is 1. The minimum absolute atomic E-state index is 0.00775. The number of phenols is 1. The molecule has 126 valence electrons. The van der Waals surface area contributed by atoms with Crippen LogP contribution in [0.2, 0.25) is 0 Å². The van der Waals surface area contributed by atoms with E-state index in [9.17, 15) is 9.90 Å². The number of hydrogen-bond acceptors (Lipinski definition) is 4. The zero-order valence-corrected chi connectivity index (χ0v) is 13.8. The van der Waals surface area contributed by atoms with Gasteiger partial charge in [-0.2, -0.15) is 0 Å². The Morgan fingerprint density at radius 3 is 2.25 bits per heavy atom. The predicted molar refractivity (Wildman–Crippen MR) is 93.6 cm³/mol. The smallest absolute Gasteiger partial charge is 0.260 e. The number of benzene rings is 2. The average Bonchev–Trinajstić information content (AvgIpc) is 2.62. The van der Waals surface area contributed by atoms with E-state index in [1.165, 1.54) is 11.3 Å². The molecule has 0 unspecified atom stereocenters. The molecule has 5 nitrogen and oxygen atoms in total. The summed E-state index contributed by atoms with van der Waals surface area (Å²) >= 11 is 0. The lowest BCUT2D eigenvalue weighted by Gasteiger charge is -2.36. The molecule has 0 spiro atoms. The molecular weight excluding hydrogens is 304 g/mol. The predicted octanol–water partition coefficient (Wildman–Crippen LogP) is 2.43. The maximum Gasteiger partial charge on any atom is 0.260 e. The second-order valence-corrected chi connectivity index (χ2v) is 5.99. The Morgan fingerprint density at radius 2 is 1.62 bits per heavy atom. The van der Waals surface area contributed by atoms with E-state index in [0.717, 1.165) is 13.1 Å². The summed E-state index contributed by atoms with van der Waals surface area (Å²) in [4.78, 5) is 16.4. The van der Waals surface area contributed by atoms with Crippen molar-refractivity contribution in [3.63, 3.8) is 0 Å². The Bertz CT molecular complexity index is 675. The van der Waals surface area contributed by atoms with Gasteiger partial charge in [-0.15, -0.1) is 0 Å². The highest BCUT2D eigenvalue weighted by Crippen LogP contribution is 2.18. The number of amides is 1. The van der Waals surface area contributed by atoms with Crippen LogP contribution in [-0.4, -0.2) is 48.7 Å². The van der Waals surface area contributed by atoms with Crippen LogP contribution in [0, 0.1) is 6.92 Å². The summed E-state index contributed by atoms with van der Waals surface area (Å²) < 4.78 is 5.48. The first-order valence-electron chi connectivity index (χ1n) is 8.13. The lowest BCUT2D eigenvalue weighted by atomic mass is 10.2. The Morgan fingerprint density at radius 1 is 1.00 bits per heavy atom. The molecule has 0 atom stereocenters. The molecule has 1 aliphatic rings. The Kier molecular flexibility index (Phi) is 4.89. The van der Waals surface area contributed by atoms with Gasteiger partial charge in [-0.1, -0.05) is 17.7 Å². The van der Waals surface area contributed by atoms with Crippen molar-refractivity contribution in [2.75, 3.05) is 37.7 Å². The molecule has 1 N–H and O–H groups in total. The molecule has 0 aliphatic carbocycles. The Balaban J connectivity index is 1.48. The van der Waals surface area contributed by atoms with Crippen molar-refractivity contribution in [3.05, 3.63) is 54.1 Å². The number of rotatable bonds is 4. The molecule has 0 saturated carbocycles. The van der Waals surface area contributed by atoms with Crippen molar-refractivity contribution in [3.8, 4) is 11.5 Å². The van der Waals surface area contributed by atoms with Crippen LogP contribution in [0.15, 0.2) is 48.5 Å². The number of anilines is 1. The van der Waals surface area contributed by atoms with Gasteiger partial charge in [-0.3, -0.25) is 4.79 Å². The topological polar surface area (TPSA) is 53.0 Å².